The molecule has 16 heavy (non-hydrogen) atoms. The highest BCUT2D eigenvalue weighted by molar-refractivity contribution is 7.99. The summed E-state index contributed by atoms with van der Waals surface area (Å²) in [5.41, 5.74) is 5.34. The van der Waals surface area contributed by atoms with Crippen molar-refractivity contribution in [1.29, 1.82) is 0 Å². The molecule has 0 bridgehead atoms. The molecule has 1 aromatic heterocycles. The largest absolute Gasteiger partial charge is 1.00 e. The van der Waals surface area contributed by atoms with Crippen LogP contribution in [0.2, 0.25) is 0 Å². The van der Waals surface area contributed by atoms with E-state index >= 15 is 0 Å². The van der Waals surface area contributed by atoms with E-state index in [0.717, 1.165) is 0 Å². The molecule has 0 fully saturated rings. The van der Waals surface area contributed by atoms with E-state index < -0.39 is 0 Å². The first-order valence-corrected chi connectivity index (χ1v) is 5.47. The van der Waals surface area contributed by atoms with Gasteiger partial charge in [-0.2, -0.15) is 0 Å². The first-order chi connectivity index (χ1) is 7.13. The Kier molecular flexibility index (Phi) is 7.11. The maximum atomic E-state index is 11.2. The van der Waals surface area contributed by atoms with Gasteiger partial charge in [0.05, 0.1) is 5.75 Å². The topological polar surface area (TPSA) is 85.2 Å². The van der Waals surface area contributed by atoms with Crippen LogP contribution >= 0.6 is 11.8 Å². The molecule has 1 amide bonds. The number of carbonyl (C=O) groups excluding carboxylic acids is 1. The third-order valence-electron chi connectivity index (χ3n) is 1.62. The minimum atomic E-state index is 0. The molecule has 0 aliphatic heterocycles. The Bertz CT molecular complexity index is 332. The van der Waals surface area contributed by atoms with Crippen LogP contribution in [0.15, 0.2) is 9.64 Å². The van der Waals surface area contributed by atoms with Crippen LogP contribution in [0.1, 0.15) is 5.89 Å². The van der Waals surface area contributed by atoms with Crippen LogP contribution in [-0.4, -0.2) is 47.4 Å². The predicted octanol–water partition coefficient (Wildman–Crippen LogP) is -3.24. The normalized spacial score (nSPS) is 9.69. The number of rotatable bonds is 5. The summed E-state index contributed by atoms with van der Waals surface area (Å²) in [6.45, 7) is 0.475. The Labute approximate surface area is 104 Å². The summed E-state index contributed by atoms with van der Waals surface area (Å²) in [5.74, 6) is 0.827. The van der Waals surface area contributed by atoms with E-state index in [-0.39, 0.29) is 18.3 Å². The van der Waals surface area contributed by atoms with Gasteiger partial charge in [0, 0.05) is 27.1 Å². The van der Waals surface area contributed by atoms with Crippen molar-refractivity contribution >= 4 is 17.7 Å². The van der Waals surface area contributed by atoms with Crippen LogP contribution in [0.3, 0.4) is 0 Å². The lowest BCUT2D eigenvalue weighted by Crippen LogP contribution is -3.00. The fourth-order valence-electron chi connectivity index (χ4n) is 0.774. The Morgan fingerprint density at radius 1 is 1.50 bits per heavy atom. The van der Waals surface area contributed by atoms with Crippen LogP contribution in [-0.2, 0) is 11.2 Å². The zero-order chi connectivity index (χ0) is 11.3. The van der Waals surface area contributed by atoms with Gasteiger partial charge in [-0.05, 0) is 0 Å². The number of amides is 1. The van der Waals surface area contributed by atoms with Crippen LogP contribution in [0, 0.1) is 0 Å². The highest BCUT2D eigenvalue weighted by Crippen LogP contribution is 2.16. The molecule has 0 aromatic carbocycles. The van der Waals surface area contributed by atoms with Gasteiger partial charge in [-0.15, -0.1) is 10.2 Å². The minimum Gasteiger partial charge on any atom is -1.00 e. The molecule has 0 saturated carbocycles. The third-order valence-corrected chi connectivity index (χ3v) is 2.43. The second kappa shape index (κ2) is 7.48. The van der Waals surface area contributed by atoms with E-state index in [1.54, 1.807) is 14.1 Å². The molecule has 8 heteroatoms. The van der Waals surface area contributed by atoms with Crippen LogP contribution < -0.4 is 18.1 Å². The zero-order valence-electron chi connectivity index (χ0n) is 9.14. The monoisotopic (exact) mass is 265 g/mol. The van der Waals surface area contributed by atoms with Gasteiger partial charge in [0.2, 0.25) is 11.8 Å². The molecule has 1 heterocycles. The van der Waals surface area contributed by atoms with Crippen molar-refractivity contribution in [3.8, 4) is 0 Å². The predicted molar refractivity (Wildman–Crippen MR) is 56.5 cm³/mol. The van der Waals surface area contributed by atoms with Gasteiger partial charge in [0.25, 0.3) is 5.22 Å². The summed E-state index contributed by atoms with van der Waals surface area (Å²) < 4.78 is 5.24. The van der Waals surface area contributed by atoms with E-state index in [1.165, 1.54) is 16.7 Å². The average molecular weight is 266 g/mol. The van der Waals surface area contributed by atoms with Gasteiger partial charge in [-0.3, -0.25) is 4.79 Å². The average Bonchev–Trinajstić information content (AvgIpc) is 2.62. The molecule has 0 radical (unpaired) electrons. The fraction of sp³-hybridized carbons (Fsp3) is 0.625. The molecular weight excluding hydrogens is 252 g/mol. The van der Waals surface area contributed by atoms with Gasteiger partial charge in [0.1, 0.15) is 0 Å². The molecule has 0 atom stereocenters. The Hall–Kier alpha value is -0.790. The fourth-order valence-corrected chi connectivity index (χ4v) is 1.53. The van der Waals surface area contributed by atoms with E-state index in [0.29, 0.717) is 29.8 Å². The van der Waals surface area contributed by atoms with Crippen molar-refractivity contribution in [2.45, 2.75) is 11.6 Å². The highest BCUT2D eigenvalue weighted by Gasteiger charge is 2.09. The first-order valence-electron chi connectivity index (χ1n) is 4.49. The second-order valence-electron chi connectivity index (χ2n) is 3.08. The number of halogens is 1. The molecule has 1 rings (SSSR count). The van der Waals surface area contributed by atoms with E-state index in [2.05, 4.69) is 10.2 Å². The van der Waals surface area contributed by atoms with Crippen LogP contribution in [0.5, 0.6) is 0 Å². The number of hydrogen-bond acceptors (Lipinski definition) is 6. The summed E-state index contributed by atoms with van der Waals surface area (Å²) in [5, 5.41) is 7.98. The number of aromatic nitrogens is 2. The molecule has 0 aliphatic carbocycles. The summed E-state index contributed by atoms with van der Waals surface area (Å²) >= 11 is 1.23. The summed E-state index contributed by atoms with van der Waals surface area (Å²) in [6, 6.07) is 0. The lowest BCUT2D eigenvalue weighted by molar-refractivity contribution is -0.125. The zero-order valence-corrected chi connectivity index (χ0v) is 10.7. The molecule has 92 valence electrons. The van der Waals surface area contributed by atoms with E-state index in [1.807, 2.05) is 0 Å². The molecule has 0 unspecified atom stereocenters. The van der Waals surface area contributed by atoms with E-state index in [4.69, 9.17) is 10.2 Å². The molecule has 0 spiro atoms. The summed E-state index contributed by atoms with van der Waals surface area (Å²) in [4.78, 5) is 12.8. The van der Waals surface area contributed by atoms with Crippen LogP contribution in [0.4, 0.5) is 0 Å². The standard InChI is InChI=1S/C8H14N4O2S.ClH/c1-12(2)7(13)5-15-8-11-10-6(14-8)3-4-9;/h3-5,9H2,1-2H3;1H/p-1. The van der Waals surface area contributed by atoms with Crippen molar-refractivity contribution in [2.75, 3.05) is 26.4 Å². The van der Waals surface area contributed by atoms with Crippen LogP contribution in [0.25, 0.3) is 0 Å². The molecule has 6 nitrogen and oxygen atoms in total. The summed E-state index contributed by atoms with van der Waals surface area (Å²) in [6.07, 6.45) is 0.565. The molecule has 1 aromatic rings. The number of thioether (sulfide) groups is 1. The lowest BCUT2D eigenvalue weighted by atomic mass is 10.4. The lowest BCUT2D eigenvalue weighted by Gasteiger charge is -2.07. The van der Waals surface area contributed by atoms with Crippen molar-refractivity contribution in [2.24, 2.45) is 5.73 Å². The molecule has 0 aliphatic rings. The van der Waals surface area contributed by atoms with Crippen molar-refractivity contribution in [3.05, 3.63) is 5.89 Å². The maximum absolute atomic E-state index is 11.2. The van der Waals surface area contributed by atoms with Gasteiger partial charge in [-0.25, -0.2) is 0 Å². The van der Waals surface area contributed by atoms with Gasteiger partial charge in [0.15, 0.2) is 0 Å². The van der Waals surface area contributed by atoms with Gasteiger partial charge >= 0.3 is 0 Å². The maximum Gasteiger partial charge on any atom is 0.277 e. The molecular formula is C8H14ClN4O2S-. The summed E-state index contributed by atoms with van der Waals surface area (Å²) in [7, 11) is 3.41. The second-order valence-corrected chi connectivity index (χ2v) is 4.00. The van der Waals surface area contributed by atoms with Crippen molar-refractivity contribution in [1.82, 2.24) is 15.1 Å². The minimum absolute atomic E-state index is 0. The Balaban J connectivity index is 0.00000225. The van der Waals surface area contributed by atoms with E-state index in [9.17, 15) is 4.79 Å². The molecule has 0 saturated heterocycles. The SMILES string of the molecule is CN(C)C(=O)CSc1nnc(CCN)o1.[Cl-]. The number of hydrogen-bond donors (Lipinski definition) is 1. The van der Waals surface area contributed by atoms with Crippen molar-refractivity contribution < 1.29 is 21.6 Å². The third kappa shape index (κ3) is 4.82. The smallest absolute Gasteiger partial charge is 0.277 e. The Morgan fingerprint density at radius 3 is 2.75 bits per heavy atom. The number of nitrogens with two attached hydrogens (primary N) is 1. The van der Waals surface area contributed by atoms with Crippen molar-refractivity contribution in [3.63, 3.8) is 0 Å². The highest BCUT2D eigenvalue weighted by atomic mass is 35.5. The first kappa shape index (κ1) is 15.2. The number of nitrogens with zero attached hydrogens (tertiary/aromatic N) is 3. The molecule has 2 N–H and O–H groups in total. The van der Waals surface area contributed by atoms with Gasteiger partial charge in [-0.1, -0.05) is 11.8 Å². The Morgan fingerprint density at radius 2 is 2.19 bits per heavy atom. The van der Waals surface area contributed by atoms with Gasteiger partial charge < -0.3 is 27.5 Å². The quantitative estimate of drug-likeness (QED) is 0.563. The number of carbonyl (C=O) groups is 1.